The van der Waals surface area contributed by atoms with Gasteiger partial charge in [-0.15, -0.1) is 0 Å². The second-order valence-electron chi connectivity index (χ2n) is 5.72. The Labute approximate surface area is 137 Å². The lowest BCUT2D eigenvalue weighted by Crippen LogP contribution is -2.38. The van der Waals surface area contributed by atoms with Gasteiger partial charge in [-0.25, -0.2) is 0 Å². The van der Waals surface area contributed by atoms with E-state index in [9.17, 15) is 9.59 Å². The maximum absolute atomic E-state index is 11.7. The van der Waals surface area contributed by atoms with Gasteiger partial charge in [0.2, 0.25) is 5.91 Å². The third-order valence-electron chi connectivity index (χ3n) is 3.65. The topological polar surface area (TPSA) is 101 Å². The van der Waals surface area contributed by atoms with Crippen molar-refractivity contribution >= 4 is 18.3 Å². The van der Waals surface area contributed by atoms with E-state index in [0.29, 0.717) is 6.54 Å². The summed E-state index contributed by atoms with van der Waals surface area (Å²) < 4.78 is 0. The first-order chi connectivity index (χ1) is 10.9. The van der Waals surface area contributed by atoms with Crippen LogP contribution in [-0.2, 0) is 14.4 Å². The van der Waals surface area contributed by atoms with Crippen LogP contribution in [0.5, 0.6) is 0 Å². The van der Waals surface area contributed by atoms with Crippen molar-refractivity contribution in [3.63, 3.8) is 0 Å². The van der Waals surface area contributed by atoms with Crippen molar-refractivity contribution in [3.05, 3.63) is 0 Å². The molecule has 1 rings (SSSR count). The Balaban J connectivity index is 0.00000149. The molecule has 0 aromatic rings. The normalized spacial score (nSPS) is 15.9. The summed E-state index contributed by atoms with van der Waals surface area (Å²) in [4.78, 5) is 36.7. The molecule has 23 heavy (non-hydrogen) atoms. The van der Waals surface area contributed by atoms with Crippen molar-refractivity contribution in [1.29, 1.82) is 0 Å². The molecule has 1 heterocycles. The van der Waals surface area contributed by atoms with E-state index in [0.717, 1.165) is 52.0 Å². The largest absolute Gasteiger partial charge is 0.483 e. The first-order valence-electron chi connectivity index (χ1n) is 7.85. The SMILES string of the molecule is CN(C)C(=O)CN1CCCN(CCCCC(=O)O)CC1.O=CO. The highest BCUT2D eigenvalue weighted by molar-refractivity contribution is 5.77. The van der Waals surface area contributed by atoms with Gasteiger partial charge >= 0.3 is 5.97 Å². The maximum atomic E-state index is 11.7. The van der Waals surface area contributed by atoms with Crippen LogP contribution in [0.2, 0.25) is 0 Å². The van der Waals surface area contributed by atoms with Crippen molar-refractivity contribution < 1.29 is 24.6 Å². The number of carboxylic acid groups (broad SMARTS) is 2. The number of likely N-dealkylation sites (N-methyl/N-ethyl adjacent to an activating group) is 1. The average molecular weight is 331 g/mol. The summed E-state index contributed by atoms with van der Waals surface area (Å²) in [7, 11) is 3.57. The molecule has 134 valence electrons. The van der Waals surface area contributed by atoms with E-state index in [1.807, 2.05) is 0 Å². The molecule has 1 aliphatic rings. The number of unbranched alkanes of at least 4 members (excludes halogenated alkanes) is 1. The number of hydrogen-bond acceptors (Lipinski definition) is 5. The Morgan fingerprint density at radius 2 is 1.65 bits per heavy atom. The number of nitrogens with zero attached hydrogens (tertiary/aromatic N) is 3. The van der Waals surface area contributed by atoms with Gasteiger partial charge in [-0.2, -0.15) is 0 Å². The summed E-state index contributed by atoms with van der Waals surface area (Å²) in [6, 6.07) is 0. The van der Waals surface area contributed by atoms with Gasteiger partial charge in [-0.3, -0.25) is 19.3 Å². The quantitative estimate of drug-likeness (QED) is 0.501. The molecule has 0 unspecified atom stereocenters. The van der Waals surface area contributed by atoms with Crippen molar-refractivity contribution in [1.82, 2.24) is 14.7 Å². The standard InChI is InChI=1S/C14H27N3O3.CH2O2/c1-15(2)13(18)12-17-9-5-8-16(10-11-17)7-4-3-6-14(19)20;2-1-3/h3-12H2,1-2H3,(H,19,20);1H,(H,2,3). The summed E-state index contributed by atoms with van der Waals surface area (Å²) in [5.74, 6) is -0.561. The Kier molecular flexibility index (Phi) is 11.9. The number of carbonyl (C=O) groups is 3. The smallest absolute Gasteiger partial charge is 0.303 e. The minimum absolute atomic E-state index is 0.153. The fraction of sp³-hybridized carbons (Fsp3) is 0.800. The van der Waals surface area contributed by atoms with E-state index in [1.165, 1.54) is 0 Å². The molecule has 0 atom stereocenters. The first kappa shape index (κ1) is 21.3. The van der Waals surface area contributed by atoms with Crippen LogP contribution in [0.15, 0.2) is 0 Å². The van der Waals surface area contributed by atoms with Crippen molar-refractivity contribution in [3.8, 4) is 0 Å². The fourth-order valence-electron chi connectivity index (χ4n) is 2.35. The number of rotatable bonds is 7. The van der Waals surface area contributed by atoms with Crippen LogP contribution in [0.25, 0.3) is 0 Å². The molecule has 0 aromatic heterocycles. The highest BCUT2D eigenvalue weighted by Gasteiger charge is 2.17. The predicted molar refractivity (Wildman–Crippen MR) is 86.4 cm³/mol. The third-order valence-corrected chi connectivity index (χ3v) is 3.65. The molecule has 1 fully saturated rings. The van der Waals surface area contributed by atoms with Gasteiger partial charge in [0.05, 0.1) is 6.54 Å². The molecule has 0 bridgehead atoms. The predicted octanol–water partition coefficient (Wildman–Crippen LogP) is 0.0380. The third kappa shape index (κ3) is 11.5. The lowest BCUT2D eigenvalue weighted by Gasteiger charge is -2.22. The molecule has 0 aliphatic carbocycles. The van der Waals surface area contributed by atoms with E-state index >= 15 is 0 Å². The zero-order chi connectivity index (χ0) is 17.7. The molecule has 8 heteroatoms. The van der Waals surface area contributed by atoms with Gasteiger partial charge in [-0.1, -0.05) is 0 Å². The monoisotopic (exact) mass is 331 g/mol. The molecule has 8 nitrogen and oxygen atoms in total. The first-order valence-corrected chi connectivity index (χ1v) is 7.85. The zero-order valence-electron chi connectivity index (χ0n) is 14.1. The van der Waals surface area contributed by atoms with Crippen molar-refractivity contribution in [2.45, 2.75) is 25.7 Å². The van der Waals surface area contributed by atoms with E-state index in [4.69, 9.17) is 15.0 Å². The second kappa shape index (κ2) is 12.8. The summed E-state index contributed by atoms with van der Waals surface area (Å²) >= 11 is 0. The van der Waals surface area contributed by atoms with Crippen LogP contribution in [-0.4, -0.2) is 96.6 Å². The number of hydrogen-bond donors (Lipinski definition) is 2. The van der Waals surface area contributed by atoms with Crippen LogP contribution in [0.4, 0.5) is 0 Å². The Morgan fingerprint density at radius 1 is 1.09 bits per heavy atom. The second-order valence-corrected chi connectivity index (χ2v) is 5.72. The van der Waals surface area contributed by atoms with Gasteiger partial charge in [0.15, 0.2) is 0 Å². The van der Waals surface area contributed by atoms with E-state index in [-0.39, 0.29) is 18.8 Å². The Morgan fingerprint density at radius 3 is 2.22 bits per heavy atom. The Hall–Kier alpha value is -1.67. The van der Waals surface area contributed by atoms with Crippen LogP contribution >= 0.6 is 0 Å². The fourth-order valence-corrected chi connectivity index (χ4v) is 2.35. The van der Waals surface area contributed by atoms with Gasteiger partial charge in [0, 0.05) is 33.6 Å². The van der Waals surface area contributed by atoms with Gasteiger partial charge < -0.3 is 20.0 Å². The van der Waals surface area contributed by atoms with Gasteiger partial charge in [-0.05, 0) is 38.9 Å². The number of carboxylic acids is 1. The molecule has 0 spiro atoms. The van der Waals surface area contributed by atoms with Crippen LogP contribution < -0.4 is 0 Å². The highest BCUT2D eigenvalue weighted by atomic mass is 16.4. The zero-order valence-corrected chi connectivity index (χ0v) is 14.1. The van der Waals surface area contributed by atoms with Gasteiger partial charge in [0.1, 0.15) is 0 Å². The van der Waals surface area contributed by atoms with Crippen LogP contribution in [0.1, 0.15) is 25.7 Å². The highest BCUT2D eigenvalue weighted by Crippen LogP contribution is 2.06. The molecule has 1 aliphatic heterocycles. The summed E-state index contributed by atoms with van der Waals surface area (Å²) in [5.41, 5.74) is 0. The summed E-state index contributed by atoms with van der Waals surface area (Å²) in [6.45, 7) is 5.10. The van der Waals surface area contributed by atoms with Crippen molar-refractivity contribution in [2.24, 2.45) is 0 Å². The van der Waals surface area contributed by atoms with E-state index in [1.54, 1.807) is 19.0 Å². The summed E-state index contributed by atoms with van der Waals surface area (Å²) in [6.07, 6.45) is 3.01. The van der Waals surface area contributed by atoms with Crippen LogP contribution in [0, 0.1) is 0 Å². The molecule has 2 N–H and O–H groups in total. The number of amides is 1. The summed E-state index contributed by atoms with van der Waals surface area (Å²) in [5, 5.41) is 15.5. The Bertz CT molecular complexity index is 363. The molecule has 0 aromatic carbocycles. The molecule has 1 saturated heterocycles. The minimum Gasteiger partial charge on any atom is -0.483 e. The molecular weight excluding hydrogens is 302 g/mol. The molecular formula is C15H29N3O5. The maximum Gasteiger partial charge on any atom is 0.303 e. The number of aliphatic carboxylic acids is 1. The number of carbonyl (C=O) groups excluding carboxylic acids is 1. The van der Waals surface area contributed by atoms with Crippen molar-refractivity contribution in [2.75, 3.05) is 53.4 Å². The molecule has 0 radical (unpaired) electrons. The van der Waals surface area contributed by atoms with Crippen LogP contribution in [0.3, 0.4) is 0 Å². The lowest BCUT2D eigenvalue weighted by atomic mass is 10.2. The minimum atomic E-state index is -0.714. The van der Waals surface area contributed by atoms with E-state index < -0.39 is 5.97 Å². The molecule has 0 saturated carbocycles. The van der Waals surface area contributed by atoms with Gasteiger partial charge in [0.25, 0.3) is 6.47 Å². The van der Waals surface area contributed by atoms with E-state index in [2.05, 4.69) is 9.80 Å². The lowest BCUT2D eigenvalue weighted by molar-refractivity contribution is -0.137. The molecule has 1 amide bonds. The average Bonchev–Trinajstić information content (AvgIpc) is 2.69.